The van der Waals surface area contributed by atoms with Crippen molar-refractivity contribution in [3.8, 4) is 11.8 Å². The van der Waals surface area contributed by atoms with Crippen LogP contribution in [0.2, 0.25) is 0 Å². The van der Waals surface area contributed by atoms with Crippen molar-refractivity contribution in [1.82, 2.24) is 0 Å². The number of benzene rings is 2. The van der Waals surface area contributed by atoms with Crippen LogP contribution in [0.1, 0.15) is 17.5 Å². The molecule has 2 rings (SSSR count). The lowest BCUT2D eigenvalue weighted by atomic mass is 10.1. The Morgan fingerprint density at radius 2 is 1.74 bits per heavy atom. The van der Waals surface area contributed by atoms with Gasteiger partial charge >= 0.3 is 5.97 Å². The maximum atomic E-state index is 11.7. The smallest absolute Gasteiger partial charge is 0.311 e. The first kappa shape index (κ1) is 12.8. The molecule has 2 aromatic rings. The van der Waals surface area contributed by atoms with Gasteiger partial charge in [-0.2, -0.15) is 5.26 Å². The predicted molar refractivity (Wildman–Crippen MR) is 71.6 cm³/mol. The molecule has 19 heavy (non-hydrogen) atoms. The van der Waals surface area contributed by atoms with E-state index >= 15 is 0 Å². The Balaban J connectivity index is 1.86. The minimum Gasteiger partial charge on any atom is -0.427 e. The van der Waals surface area contributed by atoms with Crippen LogP contribution in [0, 0.1) is 11.3 Å². The number of nitriles is 1. The van der Waals surface area contributed by atoms with Crippen molar-refractivity contribution >= 4 is 5.97 Å². The summed E-state index contributed by atoms with van der Waals surface area (Å²) in [6.07, 6.45) is 1.000. The van der Waals surface area contributed by atoms with Crippen LogP contribution in [0.15, 0.2) is 54.6 Å². The van der Waals surface area contributed by atoms with Gasteiger partial charge in [-0.15, -0.1) is 0 Å². The molecule has 0 saturated heterocycles. The van der Waals surface area contributed by atoms with E-state index in [9.17, 15) is 4.79 Å². The van der Waals surface area contributed by atoms with Crippen LogP contribution in [-0.2, 0) is 11.2 Å². The van der Waals surface area contributed by atoms with Crippen molar-refractivity contribution < 1.29 is 9.53 Å². The van der Waals surface area contributed by atoms with E-state index in [1.165, 1.54) is 0 Å². The second-order valence-electron chi connectivity index (χ2n) is 4.10. The number of aryl methyl sites for hydroxylation is 1. The highest BCUT2D eigenvalue weighted by atomic mass is 16.5. The highest BCUT2D eigenvalue weighted by molar-refractivity contribution is 5.72. The van der Waals surface area contributed by atoms with Gasteiger partial charge < -0.3 is 4.74 Å². The third kappa shape index (κ3) is 3.97. The lowest BCUT2D eigenvalue weighted by molar-refractivity contribution is -0.134. The summed E-state index contributed by atoms with van der Waals surface area (Å²) < 4.78 is 5.19. The van der Waals surface area contributed by atoms with Gasteiger partial charge in [-0.05, 0) is 36.2 Å². The molecule has 0 heterocycles. The molecule has 3 nitrogen and oxygen atoms in total. The van der Waals surface area contributed by atoms with E-state index in [2.05, 4.69) is 0 Å². The monoisotopic (exact) mass is 251 g/mol. The molecule has 0 radical (unpaired) electrons. The summed E-state index contributed by atoms with van der Waals surface area (Å²) in [5.74, 6) is 0.200. The van der Waals surface area contributed by atoms with Gasteiger partial charge in [0, 0.05) is 6.42 Å². The molecule has 0 unspecified atom stereocenters. The molecule has 2 aromatic carbocycles. The molecule has 0 saturated carbocycles. The molecule has 94 valence electrons. The molecule has 0 aliphatic rings. The highest BCUT2D eigenvalue weighted by Gasteiger charge is 2.05. The molecule has 0 aliphatic carbocycles. The van der Waals surface area contributed by atoms with Gasteiger partial charge in [-0.25, -0.2) is 0 Å². The van der Waals surface area contributed by atoms with E-state index in [4.69, 9.17) is 10.00 Å². The minimum absolute atomic E-state index is 0.270. The number of hydrogen-bond acceptors (Lipinski definition) is 3. The van der Waals surface area contributed by atoms with Crippen molar-refractivity contribution in [1.29, 1.82) is 5.26 Å². The van der Waals surface area contributed by atoms with Crippen molar-refractivity contribution in [2.45, 2.75) is 12.8 Å². The molecule has 0 aromatic heterocycles. The third-order valence-corrected chi connectivity index (χ3v) is 2.68. The van der Waals surface area contributed by atoms with Gasteiger partial charge in [-0.1, -0.05) is 30.3 Å². The van der Waals surface area contributed by atoms with E-state index in [1.807, 2.05) is 36.4 Å². The fourth-order valence-corrected chi connectivity index (χ4v) is 1.67. The molecule has 0 bridgehead atoms. The number of carbonyl (C=O) groups is 1. The largest absolute Gasteiger partial charge is 0.427 e. The summed E-state index contributed by atoms with van der Waals surface area (Å²) in [7, 11) is 0. The predicted octanol–water partition coefficient (Wildman–Crippen LogP) is 3.10. The fourth-order valence-electron chi connectivity index (χ4n) is 1.67. The maximum Gasteiger partial charge on any atom is 0.311 e. The van der Waals surface area contributed by atoms with Gasteiger partial charge in [0.2, 0.25) is 0 Å². The molecular formula is C16H13NO2. The Labute approximate surface area is 112 Å². The zero-order valence-electron chi connectivity index (χ0n) is 10.4. The van der Waals surface area contributed by atoms with Crippen molar-refractivity contribution in [3.63, 3.8) is 0 Å². The van der Waals surface area contributed by atoms with E-state index in [1.54, 1.807) is 24.3 Å². The summed E-state index contributed by atoms with van der Waals surface area (Å²) in [6, 6.07) is 18.3. The number of hydrogen-bond donors (Lipinski definition) is 0. The van der Waals surface area contributed by atoms with E-state index in [0.29, 0.717) is 24.2 Å². The lowest BCUT2D eigenvalue weighted by Crippen LogP contribution is -2.08. The first-order valence-electron chi connectivity index (χ1n) is 6.03. The SMILES string of the molecule is N#Cc1ccc(OC(=O)CCc2ccccc2)cc1. The summed E-state index contributed by atoms with van der Waals surface area (Å²) in [6.45, 7) is 0. The zero-order chi connectivity index (χ0) is 13.5. The number of rotatable bonds is 4. The summed E-state index contributed by atoms with van der Waals surface area (Å²) in [5.41, 5.74) is 1.66. The van der Waals surface area contributed by atoms with Crippen molar-refractivity contribution in [2.75, 3.05) is 0 Å². The van der Waals surface area contributed by atoms with Crippen molar-refractivity contribution in [2.24, 2.45) is 0 Å². The first-order valence-corrected chi connectivity index (χ1v) is 6.03. The standard InChI is InChI=1S/C16H13NO2/c17-12-14-6-9-15(10-7-14)19-16(18)11-8-13-4-2-1-3-5-13/h1-7,9-10H,8,11H2. The van der Waals surface area contributed by atoms with Crippen LogP contribution in [0.5, 0.6) is 5.75 Å². The van der Waals surface area contributed by atoms with Crippen LogP contribution >= 0.6 is 0 Å². The van der Waals surface area contributed by atoms with Gasteiger partial charge in [0.25, 0.3) is 0 Å². The number of ether oxygens (including phenoxy) is 1. The molecule has 0 aliphatic heterocycles. The van der Waals surface area contributed by atoms with E-state index in [0.717, 1.165) is 5.56 Å². The Morgan fingerprint density at radius 3 is 2.37 bits per heavy atom. The second kappa shape index (κ2) is 6.36. The Bertz CT molecular complexity index is 582. The summed E-state index contributed by atoms with van der Waals surface area (Å²) in [4.78, 5) is 11.7. The van der Waals surface area contributed by atoms with Gasteiger partial charge in [0.15, 0.2) is 0 Å². The molecule has 0 fully saturated rings. The lowest BCUT2D eigenvalue weighted by Gasteiger charge is -2.04. The second-order valence-corrected chi connectivity index (χ2v) is 4.10. The number of carbonyl (C=O) groups excluding carboxylic acids is 1. The fraction of sp³-hybridized carbons (Fsp3) is 0.125. The molecule has 0 atom stereocenters. The zero-order valence-corrected chi connectivity index (χ0v) is 10.4. The molecule has 0 amide bonds. The molecule has 3 heteroatoms. The van der Waals surface area contributed by atoms with Crippen LogP contribution in [0.25, 0.3) is 0 Å². The average molecular weight is 251 g/mol. The van der Waals surface area contributed by atoms with E-state index in [-0.39, 0.29) is 5.97 Å². The molecule has 0 N–H and O–H groups in total. The number of nitrogens with zero attached hydrogens (tertiary/aromatic N) is 1. The quantitative estimate of drug-likeness (QED) is 0.619. The minimum atomic E-state index is -0.270. The summed E-state index contributed by atoms with van der Waals surface area (Å²) in [5, 5.41) is 8.66. The first-order chi connectivity index (χ1) is 9.28. The Hall–Kier alpha value is -2.60. The van der Waals surface area contributed by atoms with E-state index < -0.39 is 0 Å². The highest BCUT2D eigenvalue weighted by Crippen LogP contribution is 2.13. The van der Waals surface area contributed by atoms with Crippen LogP contribution in [0.3, 0.4) is 0 Å². The Morgan fingerprint density at radius 1 is 1.05 bits per heavy atom. The van der Waals surface area contributed by atoms with Crippen LogP contribution < -0.4 is 4.74 Å². The maximum absolute atomic E-state index is 11.7. The molecule has 0 spiro atoms. The van der Waals surface area contributed by atoms with Crippen LogP contribution in [-0.4, -0.2) is 5.97 Å². The Kier molecular flexibility index (Phi) is 4.30. The van der Waals surface area contributed by atoms with Crippen LogP contribution in [0.4, 0.5) is 0 Å². The van der Waals surface area contributed by atoms with Crippen molar-refractivity contribution in [3.05, 3.63) is 65.7 Å². The molecular weight excluding hydrogens is 238 g/mol. The van der Waals surface area contributed by atoms with Gasteiger partial charge in [0.05, 0.1) is 11.6 Å². The van der Waals surface area contributed by atoms with Gasteiger partial charge in [0.1, 0.15) is 5.75 Å². The van der Waals surface area contributed by atoms with Gasteiger partial charge in [-0.3, -0.25) is 4.79 Å². The summed E-state index contributed by atoms with van der Waals surface area (Å²) >= 11 is 0. The normalized spacial score (nSPS) is 9.63. The topological polar surface area (TPSA) is 50.1 Å². The third-order valence-electron chi connectivity index (χ3n) is 2.68. The average Bonchev–Trinajstić information content (AvgIpc) is 2.47. The number of esters is 1.